The molecule has 2 aromatic rings. The highest BCUT2D eigenvalue weighted by Gasteiger charge is 2.06. The second-order valence-electron chi connectivity index (χ2n) is 4.93. The van der Waals surface area contributed by atoms with Crippen LogP contribution in [0.3, 0.4) is 0 Å². The second kappa shape index (κ2) is 9.82. The van der Waals surface area contributed by atoms with Gasteiger partial charge in [-0.2, -0.15) is 11.8 Å². The summed E-state index contributed by atoms with van der Waals surface area (Å²) >= 11 is 1.57. The fraction of sp³-hybridized carbons (Fsp3) is 0.278. The maximum absolute atomic E-state index is 13.4. The van der Waals surface area contributed by atoms with Gasteiger partial charge in [0.25, 0.3) is 5.91 Å². The fourth-order valence-corrected chi connectivity index (χ4v) is 2.84. The van der Waals surface area contributed by atoms with Gasteiger partial charge >= 0.3 is 0 Å². The summed E-state index contributed by atoms with van der Waals surface area (Å²) in [5.74, 6) is 2.01. The molecule has 0 bridgehead atoms. The number of thioether (sulfide) groups is 1. The molecule has 1 amide bonds. The third kappa shape index (κ3) is 5.77. The zero-order valence-corrected chi connectivity index (χ0v) is 14.3. The number of carbonyl (C=O) groups is 1. The Kier molecular flexibility index (Phi) is 7.42. The van der Waals surface area contributed by atoms with Crippen molar-refractivity contribution in [1.82, 2.24) is 5.32 Å². The Morgan fingerprint density at radius 1 is 1.12 bits per heavy atom. The summed E-state index contributed by atoms with van der Waals surface area (Å²) in [7, 11) is 1.55. The molecule has 128 valence electrons. The molecule has 0 aromatic heterocycles. The van der Waals surface area contributed by atoms with Gasteiger partial charge in [0.05, 0.1) is 7.11 Å². The molecule has 0 spiro atoms. The van der Waals surface area contributed by atoms with Crippen molar-refractivity contribution in [3.05, 3.63) is 59.9 Å². The first-order chi connectivity index (χ1) is 11.7. The Hall–Kier alpha value is -2.21. The van der Waals surface area contributed by atoms with Gasteiger partial charge < -0.3 is 14.8 Å². The van der Waals surface area contributed by atoms with Crippen molar-refractivity contribution in [1.29, 1.82) is 0 Å². The lowest BCUT2D eigenvalue weighted by molar-refractivity contribution is -0.122. The molecule has 24 heavy (non-hydrogen) atoms. The van der Waals surface area contributed by atoms with Crippen molar-refractivity contribution in [2.45, 2.75) is 5.75 Å². The first-order valence-corrected chi connectivity index (χ1v) is 8.70. The van der Waals surface area contributed by atoms with Crippen LogP contribution in [0.25, 0.3) is 0 Å². The molecule has 0 aliphatic rings. The molecule has 2 aromatic carbocycles. The summed E-state index contributed by atoms with van der Waals surface area (Å²) < 4.78 is 24.0. The average molecular weight is 349 g/mol. The molecule has 0 saturated carbocycles. The predicted molar refractivity (Wildman–Crippen MR) is 94.1 cm³/mol. The van der Waals surface area contributed by atoms with E-state index in [0.29, 0.717) is 35.1 Å². The third-order valence-corrected chi connectivity index (χ3v) is 4.22. The van der Waals surface area contributed by atoms with Gasteiger partial charge in [-0.1, -0.05) is 30.3 Å². The van der Waals surface area contributed by atoms with Crippen LogP contribution in [0.2, 0.25) is 0 Å². The van der Waals surface area contributed by atoms with E-state index in [1.807, 2.05) is 18.2 Å². The van der Waals surface area contributed by atoms with Gasteiger partial charge in [0.2, 0.25) is 0 Å². The van der Waals surface area contributed by atoms with E-state index in [2.05, 4.69) is 5.32 Å². The number of rotatable bonds is 9. The SMILES string of the molecule is COc1ccccc1OCC(=O)NCCSCc1ccccc1F. The van der Waals surface area contributed by atoms with Gasteiger partial charge in [-0.3, -0.25) is 4.79 Å². The van der Waals surface area contributed by atoms with Crippen molar-refractivity contribution >= 4 is 17.7 Å². The molecule has 1 N–H and O–H groups in total. The Morgan fingerprint density at radius 3 is 2.58 bits per heavy atom. The lowest BCUT2D eigenvalue weighted by Gasteiger charge is -2.10. The Morgan fingerprint density at radius 2 is 1.83 bits per heavy atom. The second-order valence-corrected chi connectivity index (χ2v) is 6.04. The number of methoxy groups -OCH3 is 1. The van der Waals surface area contributed by atoms with Crippen molar-refractivity contribution in [2.24, 2.45) is 0 Å². The number of benzene rings is 2. The standard InChI is InChI=1S/C18H20FNO3S/c1-22-16-8-4-5-9-17(16)23-12-18(21)20-10-11-24-13-14-6-2-3-7-15(14)19/h2-9H,10-13H2,1H3,(H,20,21). The highest BCUT2D eigenvalue weighted by Crippen LogP contribution is 2.25. The number of hydrogen-bond acceptors (Lipinski definition) is 4. The van der Waals surface area contributed by atoms with Gasteiger partial charge in [-0.25, -0.2) is 4.39 Å². The van der Waals surface area contributed by atoms with Gasteiger partial charge in [0, 0.05) is 18.1 Å². The van der Waals surface area contributed by atoms with Crippen molar-refractivity contribution < 1.29 is 18.7 Å². The van der Waals surface area contributed by atoms with E-state index in [4.69, 9.17) is 9.47 Å². The molecular formula is C18H20FNO3S. The summed E-state index contributed by atoms with van der Waals surface area (Å²) in [6.07, 6.45) is 0. The Labute approximate surface area is 145 Å². The first-order valence-electron chi connectivity index (χ1n) is 7.54. The van der Waals surface area contributed by atoms with Gasteiger partial charge in [0.1, 0.15) is 5.82 Å². The van der Waals surface area contributed by atoms with Crippen molar-refractivity contribution in [3.8, 4) is 11.5 Å². The summed E-state index contributed by atoms with van der Waals surface area (Å²) in [5, 5.41) is 2.77. The highest BCUT2D eigenvalue weighted by molar-refractivity contribution is 7.98. The minimum atomic E-state index is -0.201. The van der Waals surface area contributed by atoms with Crippen LogP contribution in [0.5, 0.6) is 11.5 Å². The summed E-state index contributed by atoms with van der Waals surface area (Å²) in [5.41, 5.74) is 0.674. The zero-order valence-electron chi connectivity index (χ0n) is 13.5. The molecule has 6 heteroatoms. The topological polar surface area (TPSA) is 47.6 Å². The van der Waals surface area contributed by atoms with Crippen molar-refractivity contribution in [3.63, 3.8) is 0 Å². The maximum Gasteiger partial charge on any atom is 0.257 e. The van der Waals surface area contributed by atoms with E-state index in [1.54, 1.807) is 43.1 Å². The van der Waals surface area contributed by atoms with Crippen LogP contribution in [-0.4, -0.2) is 31.9 Å². The summed E-state index contributed by atoms with van der Waals surface area (Å²) in [6, 6.07) is 13.9. The highest BCUT2D eigenvalue weighted by atomic mass is 32.2. The number of carbonyl (C=O) groups excluding carboxylic acids is 1. The van der Waals surface area contributed by atoms with Crippen molar-refractivity contribution in [2.75, 3.05) is 26.0 Å². The number of nitrogens with one attached hydrogen (secondary N) is 1. The number of halogens is 1. The molecule has 0 aliphatic heterocycles. The van der Waals surface area contributed by atoms with E-state index >= 15 is 0 Å². The normalized spacial score (nSPS) is 10.2. The molecule has 2 rings (SSSR count). The lowest BCUT2D eigenvalue weighted by Crippen LogP contribution is -2.30. The molecule has 4 nitrogen and oxygen atoms in total. The first kappa shape index (κ1) is 18.1. The number of amides is 1. The van der Waals surface area contributed by atoms with Crippen LogP contribution in [0.1, 0.15) is 5.56 Å². The predicted octanol–water partition coefficient (Wildman–Crippen LogP) is 3.26. The van der Waals surface area contributed by atoms with E-state index in [9.17, 15) is 9.18 Å². The lowest BCUT2D eigenvalue weighted by atomic mass is 10.2. The van der Waals surface area contributed by atoms with E-state index < -0.39 is 0 Å². The average Bonchev–Trinajstić information content (AvgIpc) is 2.61. The van der Waals surface area contributed by atoms with Gasteiger partial charge in [-0.15, -0.1) is 0 Å². The van der Waals surface area contributed by atoms with E-state index in [0.717, 1.165) is 0 Å². The molecule has 0 heterocycles. The molecule has 0 atom stereocenters. The quantitative estimate of drug-likeness (QED) is 0.706. The molecule has 0 radical (unpaired) electrons. The third-order valence-electron chi connectivity index (χ3n) is 3.21. The van der Waals surface area contributed by atoms with Gasteiger partial charge in [0.15, 0.2) is 18.1 Å². The fourth-order valence-electron chi connectivity index (χ4n) is 1.99. The Bertz CT molecular complexity index is 666. The summed E-state index contributed by atoms with van der Waals surface area (Å²) in [4.78, 5) is 11.8. The molecule has 0 unspecified atom stereocenters. The zero-order chi connectivity index (χ0) is 17.2. The van der Waals surface area contributed by atoms with Crippen LogP contribution in [-0.2, 0) is 10.5 Å². The Balaban J connectivity index is 1.62. The van der Waals surface area contributed by atoms with Crippen LogP contribution >= 0.6 is 11.8 Å². The van der Waals surface area contributed by atoms with Gasteiger partial charge in [-0.05, 0) is 23.8 Å². The van der Waals surface area contributed by atoms with E-state index in [-0.39, 0.29) is 18.3 Å². The molecular weight excluding hydrogens is 329 g/mol. The van der Waals surface area contributed by atoms with Crippen LogP contribution in [0.15, 0.2) is 48.5 Å². The molecule has 0 aliphatic carbocycles. The van der Waals surface area contributed by atoms with E-state index in [1.165, 1.54) is 6.07 Å². The molecule has 0 saturated heterocycles. The minimum absolute atomic E-state index is 0.0711. The van der Waals surface area contributed by atoms with Crippen LogP contribution in [0.4, 0.5) is 4.39 Å². The van der Waals surface area contributed by atoms with Crippen LogP contribution in [0, 0.1) is 5.82 Å². The number of ether oxygens (including phenoxy) is 2. The number of para-hydroxylation sites is 2. The molecule has 0 fully saturated rings. The largest absolute Gasteiger partial charge is 0.493 e. The maximum atomic E-state index is 13.4. The summed E-state index contributed by atoms with van der Waals surface area (Å²) in [6.45, 7) is 0.436. The number of hydrogen-bond donors (Lipinski definition) is 1. The smallest absolute Gasteiger partial charge is 0.257 e. The minimum Gasteiger partial charge on any atom is -0.493 e. The van der Waals surface area contributed by atoms with Crippen LogP contribution < -0.4 is 14.8 Å². The monoisotopic (exact) mass is 349 g/mol.